The lowest BCUT2D eigenvalue weighted by atomic mass is 9.91. The van der Waals surface area contributed by atoms with E-state index in [-0.39, 0.29) is 0 Å². The minimum atomic E-state index is -1.71. The van der Waals surface area contributed by atoms with Crippen molar-refractivity contribution in [3.8, 4) is 0 Å². The first-order valence-electron chi connectivity index (χ1n) is 11.5. The van der Waals surface area contributed by atoms with Gasteiger partial charge in [-0.1, -0.05) is 12.1 Å². The number of carbonyl (C=O) groups excluding carboxylic acids is 1. The summed E-state index contributed by atoms with van der Waals surface area (Å²) >= 11 is 0. The SMILES string of the molecule is COC(=O)c1ccc(CCC[C@H]2O[C@H](CO)[C@@H](O)[C@H](O[C@H]3O[C@H](CO)[C@@H](O)[C@H](O)[C@@H]3O)[C@@H]2O)cc1. The molecular formula is C23H34O12. The molecule has 2 fully saturated rings. The largest absolute Gasteiger partial charge is 0.465 e. The monoisotopic (exact) mass is 502 g/mol. The number of aliphatic hydroxyl groups is 7. The number of aliphatic hydroxyl groups excluding tert-OH is 7. The second kappa shape index (κ2) is 12.5. The molecular weight excluding hydrogens is 468 g/mol. The number of aryl methyl sites for hydroxylation is 1. The predicted octanol–water partition coefficient (Wildman–Crippen LogP) is -2.54. The zero-order chi connectivity index (χ0) is 25.7. The van der Waals surface area contributed by atoms with Crippen LogP contribution in [0.4, 0.5) is 0 Å². The standard InChI is InChI=1S/C23H34O12/c1-32-22(31)12-7-5-11(6-8-12)3-2-4-13-17(27)21(18(28)15(10-25)33-13)35-23-20(30)19(29)16(26)14(9-24)34-23/h5-8,13-21,23-30H,2-4,9-10H2,1H3/t13-,14-,15-,16-,17-,18-,19+,20+,21-,23-/m1/s1. The van der Waals surface area contributed by atoms with E-state index in [9.17, 15) is 40.5 Å². The Morgan fingerprint density at radius 2 is 1.43 bits per heavy atom. The van der Waals surface area contributed by atoms with Gasteiger partial charge < -0.3 is 54.7 Å². The summed E-state index contributed by atoms with van der Waals surface area (Å²) in [4.78, 5) is 11.5. The van der Waals surface area contributed by atoms with Crippen LogP contribution >= 0.6 is 0 Å². The van der Waals surface area contributed by atoms with Crippen LogP contribution in [0.2, 0.25) is 0 Å². The molecule has 0 amide bonds. The Kier molecular flexibility index (Phi) is 9.95. The highest BCUT2D eigenvalue weighted by atomic mass is 16.7. The Balaban J connectivity index is 1.63. The number of rotatable bonds is 9. The van der Waals surface area contributed by atoms with Crippen molar-refractivity contribution in [3.05, 3.63) is 35.4 Å². The maximum absolute atomic E-state index is 11.5. The molecule has 0 bridgehead atoms. The number of ether oxygens (including phenoxy) is 4. The van der Waals surface area contributed by atoms with E-state index in [1.54, 1.807) is 24.3 Å². The summed E-state index contributed by atoms with van der Waals surface area (Å²) in [6.07, 6.45) is -12.4. The van der Waals surface area contributed by atoms with Crippen molar-refractivity contribution in [2.45, 2.75) is 80.5 Å². The van der Waals surface area contributed by atoms with Crippen LogP contribution in [0.5, 0.6) is 0 Å². The first kappa shape index (κ1) is 27.9. The normalized spacial score (nSPS) is 37.7. The number of carbonyl (C=O) groups is 1. The van der Waals surface area contributed by atoms with Gasteiger partial charge in [-0.2, -0.15) is 0 Å². The molecule has 1 aromatic rings. The average molecular weight is 503 g/mol. The molecule has 3 rings (SSSR count). The van der Waals surface area contributed by atoms with Gasteiger partial charge in [0.25, 0.3) is 0 Å². The van der Waals surface area contributed by atoms with Crippen molar-refractivity contribution in [2.24, 2.45) is 0 Å². The lowest BCUT2D eigenvalue weighted by molar-refractivity contribution is -0.341. The fraction of sp³-hybridized carbons (Fsp3) is 0.696. The Hall–Kier alpha value is -1.71. The molecule has 198 valence electrons. The minimum Gasteiger partial charge on any atom is -0.465 e. The third-order valence-corrected chi connectivity index (χ3v) is 6.43. The summed E-state index contributed by atoms with van der Waals surface area (Å²) < 4.78 is 21.3. The fourth-order valence-electron chi connectivity index (χ4n) is 4.33. The molecule has 0 saturated carbocycles. The Morgan fingerprint density at radius 1 is 0.829 bits per heavy atom. The van der Waals surface area contributed by atoms with Crippen molar-refractivity contribution in [1.82, 2.24) is 0 Å². The second-order valence-electron chi connectivity index (χ2n) is 8.76. The summed E-state index contributed by atoms with van der Waals surface area (Å²) in [7, 11) is 1.30. The molecule has 0 spiro atoms. The highest BCUT2D eigenvalue weighted by Gasteiger charge is 2.50. The van der Waals surface area contributed by atoms with Gasteiger partial charge in [-0.05, 0) is 37.0 Å². The zero-order valence-electron chi connectivity index (χ0n) is 19.3. The van der Waals surface area contributed by atoms with Gasteiger partial charge in [-0.15, -0.1) is 0 Å². The van der Waals surface area contributed by atoms with Crippen LogP contribution in [0.25, 0.3) is 0 Å². The van der Waals surface area contributed by atoms with Crippen LogP contribution in [0, 0.1) is 0 Å². The van der Waals surface area contributed by atoms with E-state index in [4.69, 9.17) is 14.2 Å². The molecule has 0 unspecified atom stereocenters. The van der Waals surface area contributed by atoms with Gasteiger partial charge in [0.2, 0.25) is 0 Å². The lowest BCUT2D eigenvalue weighted by Crippen LogP contribution is -2.64. The van der Waals surface area contributed by atoms with E-state index in [0.717, 1.165) is 5.56 Å². The summed E-state index contributed by atoms with van der Waals surface area (Å²) in [6, 6.07) is 6.87. The molecule has 2 heterocycles. The lowest BCUT2D eigenvalue weighted by Gasteiger charge is -2.46. The smallest absolute Gasteiger partial charge is 0.337 e. The third kappa shape index (κ3) is 6.35. The van der Waals surface area contributed by atoms with Crippen molar-refractivity contribution in [3.63, 3.8) is 0 Å². The van der Waals surface area contributed by atoms with Crippen LogP contribution < -0.4 is 0 Å². The third-order valence-electron chi connectivity index (χ3n) is 6.43. The van der Waals surface area contributed by atoms with Gasteiger partial charge >= 0.3 is 5.97 Å². The van der Waals surface area contributed by atoms with E-state index in [0.29, 0.717) is 24.8 Å². The summed E-state index contributed by atoms with van der Waals surface area (Å²) in [5.74, 6) is -0.436. The van der Waals surface area contributed by atoms with Crippen molar-refractivity contribution >= 4 is 5.97 Å². The van der Waals surface area contributed by atoms with Crippen LogP contribution in [0.1, 0.15) is 28.8 Å². The van der Waals surface area contributed by atoms with E-state index < -0.39 is 80.4 Å². The van der Waals surface area contributed by atoms with Gasteiger partial charge in [0, 0.05) is 0 Å². The highest BCUT2D eigenvalue weighted by molar-refractivity contribution is 5.89. The molecule has 2 aliphatic heterocycles. The highest BCUT2D eigenvalue weighted by Crippen LogP contribution is 2.30. The van der Waals surface area contributed by atoms with Gasteiger partial charge in [0.15, 0.2) is 6.29 Å². The van der Waals surface area contributed by atoms with Crippen molar-refractivity contribution in [2.75, 3.05) is 20.3 Å². The van der Waals surface area contributed by atoms with Crippen LogP contribution in [-0.4, -0.2) is 123 Å². The Bertz CT molecular complexity index is 802. The molecule has 12 nitrogen and oxygen atoms in total. The number of methoxy groups -OCH3 is 1. The van der Waals surface area contributed by atoms with Crippen LogP contribution in [-0.2, 0) is 25.4 Å². The van der Waals surface area contributed by atoms with Gasteiger partial charge in [0.1, 0.15) is 48.8 Å². The maximum atomic E-state index is 11.5. The molecule has 10 atom stereocenters. The molecule has 0 aliphatic carbocycles. The van der Waals surface area contributed by atoms with Gasteiger partial charge in [-0.25, -0.2) is 4.79 Å². The molecule has 2 saturated heterocycles. The van der Waals surface area contributed by atoms with Crippen molar-refractivity contribution in [1.29, 1.82) is 0 Å². The number of hydrogen-bond acceptors (Lipinski definition) is 12. The summed E-state index contributed by atoms with van der Waals surface area (Å²) in [6.45, 7) is -1.22. The summed E-state index contributed by atoms with van der Waals surface area (Å²) in [5.41, 5.74) is 1.37. The van der Waals surface area contributed by atoms with E-state index in [1.165, 1.54) is 7.11 Å². The van der Waals surface area contributed by atoms with Crippen LogP contribution in [0.15, 0.2) is 24.3 Å². The molecule has 1 aromatic carbocycles. The Labute approximate surface area is 202 Å². The van der Waals surface area contributed by atoms with Crippen molar-refractivity contribution < 1.29 is 59.5 Å². The molecule has 7 N–H and O–H groups in total. The average Bonchev–Trinajstić information content (AvgIpc) is 2.87. The number of benzene rings is 1. The van der Waals surface area contributed by atoms with E-state index >= 15 is 0 Å². The van der Waals surface area contributed by atoms with E-state index in [1.807, 2.05) is 0 Å². The first-order chi connectivity index (χ1) is 16.7. The van der Waals surface area contributed by atoms with Gasteiger partial charge in [0.05, 0.1) is 32.0 Å². The zero-order valence-corrected chi connectivity index (χ0v) is 19.3. The number of esters is 1. The molecule has 2 aliphatic rings. The van der Waals surface area contributed by atoms with E-state index in [2.05, 4.69) is 4.74 Å². The molecule has 12 heteroatoms. The Morgan fingerprint density at radius 3 is 2.03 bits per heavy atom. The topological polar surface area (TPSA) is 196 Å². The van der Waals surface area contributed by atoms with Gasteiger partial charge in [-0.3, -0.25) is 0 Å². The molecule has 0 radical (unpaired) electrons. The minimum absolute atomic E-state index is 0.331. The maximum Gasteiger partial charge on any atom is 0.337 e. The molecule has 35 heavy (non-hydrogen) atoms. The second-order valence-corrected chi connectivity index (χ2v) is 8.76. The quantitative estimate of drug-likeness (QED) is 0.175. The summed E-state index contributed by atoms with van der Waals surface area (Å²) in [5, 5.41) is 70.6. The molecule has 0 aromatic heterocycles. The predicted molar refractivity (Wildman–Crippen MR) is 117 cm³/mol. The fourth-order valence-corrected chi connectivity index (χ4v) is 4.33. The first-order valence-corrected chi connectivity index (χ1v) is 11.5. The number of hydrogen-bond donors (Lipinski definition) is 7. The van der Waals surface area contributed by atoms with Crippen LogP contribution in [0.3, 0.4) is 0 Å².